The first-order chi connectivity index (χ1) is 25.5. The van der Waals surface area contributed by atoms with Crippen molar-refractivity contribution in [2.45, 2.75) is 27.2 Å². The molecule has 0 aliphatic heterocycles. The normalized spacial score (nSPS) is 15.8. The van der Waals surface area contributed by atoms with E-state index in [1.54, 1.807) is 6.07 Å². The summed E-state index contributed by atoms with van der Waals surface area (Å²) < 4.78 is 202. The molecule has 0 bridgehead atoms. The molecule has 2 heterocycles. The molecule has 4 rings (SSSR count). The topological polar surface area (TPSA) is 445 Å². The standard InChI is InChI=1S/C24H26N8O18S6.4Na/c25-16-9-8-15(7-6-14-4-2-1-3-5-14)24(19(16)26,55(45,46)49-20-27-17(10-12-51(33,34)35)29-22(31-20)53(39,40)41)56(47,48)50-21-28-18(11-13-52(36,37)38)30-23(32-21)54(42,43)44;;;;/h1-9,15H,10-13,25-26H2,(H,33,34,35)(H,36,37,38)(H,39,40,41)(H,42,43,44);;;;/q;4*+1/p-4. The molecule has 2 aromatic heterocycles. The average molecular weight is 995 g/mol. The Kier molecular flexibility index (Phi) is 22.1. The number of nitrogens with two attached hydrogens (primary N) is 2. The van der Waals surface area contributed by atoms with Crippen LogP contribution < -0.4 is 138 Å². The van der Waals surface area contributed by atoms with Gasteiger partial charge in [-0.15, -0.1) is 0 Å². The number of nitrogens with zero attached hydrogens (tertiary/aromatic N) is 6. The molecular formula is C24H22N8Na4O18S6. The van der Waals surface area contributed by atoms with Crippen molar-refractivity contribution in [1.29, 1.82) is 0 Å². The maximum absolute atomic E-state index is 14.5. The minimum Gasteiger partial charge on any atom is -0.748 e. The van der Waals surface area contributed by atoms with Gasteiger partial charge in [-0.2, -0.15) is 36.8 Å². The number of aromatic nitrogens is 6. The second-order valence-corrected chi connectivity index (χ2v) is 20.1. The van der Waals surface area contributed by atoms with E-state index in [0.717, 1.165) is 24.3 Å². The summed E-state index contributed by atoms with van der Waals surface area (Å²) in [6, 6.07) is 4.13. The third-order valence-electron chi connectivity index (χ3n) is 6.90. The van der Waals surface area contributed by atoms with E-state index in [0.29, 0.717) is 5.56 Å². The van der Waals surface area contributed by atoms with Crippen LogP contribution in [0.4, 0.5) is 0 Å². The number of hydrogen-bond acceptors (Lipinski definition) is 26. The molecule has 36 heteroatoms. The Morgan fingerprint density at radius 2 is 1.02 bits per heavy atom. The number of hydrogen-bond donors (Lipinski definition) is 2. The zero-order chi connectivity index (χ0) is 42.1. The second-order valence-electron chi connectivity index (χ2n) is 10.8. The Labute approximate surface area is 431 Å². The fourth-order valence-electron chi connectivity index (χ4n) is 4.53. The average Bonchev–Trinajstić information content (AvgIpc) is 3.05. The van der Waals surface area contributed by atoms with Crippen molar-refractivity contribution in [2.24, 2.45) is 17.4 Å². The van der Waals surface area contributed by atoms with Crippen LogP contribution in [-0.2, 0) is 73.6 Å². The number of benzene rings is 1. The van der Waals surface area contributed by atoms with Gasteiger partial charge < -0.3 is 38.0 Å². The molecule has 4 N–H and O–H groups in total. The molecule has 0 amide bonds. The van der Waals surface area contributed by atoms with Gasteiger partial charge in [-0.1, -0.05) is 48.6 Å². The predicted octanol–water partition coefficient (Wildman–Crippen LogP) is -16.1. The van der Waals surface area contributed by atoms with Crippen LogP contribution in [0.2, 0.25) is 0 Å². The summed E-state index contributed by atoms with van der Waals surface area (Å²) in [5.41, 5.74) is 10.1. The van der Waals surface area contributed by atoms with Gasteiger partial charge >= 0.3 is 150 Å². The number of aryl methyl sites for hydroxylation is 2. The molecule has 306 valence electrons. The van der Waals surface area contributed by atoms with E-state index in [1.165, 1.54) is 24.3 Å². The summed E-state index contributed by atoms with van der Waals surface area (Å²) in [4.78, 5) is 19.2. The Bertz CT molecular complexity index is 2690. The van der Waals surface area contributed by atoms with Gasteiger partial charge in [0.1, 0.15) is 11.6 Å². The smallest absolute Gasteiger partial charge is 0.748 e. The van der Waals surface area contributed by atoms with Crippen LogP contribution in [0.5, 0.6) is 12.0 Å². The molecule has 1 aliphatic carbocycles. The fourth-order valence-corrected chi connectivity index (χ4v) is 9.96. The van der Waals surface area contributed by atoms with Gasteiger partial charge in [-0.05, 0) is 11.6 Å². The summed E-state index contributed by atoms with van der Waals surface area (Å²) >= 11 is 0. The SMILES string of the molecule is NC1=C(N)C(S(=O)(=O)Oc2nc(CCS(=O)(=O)[O-])nc(S(=O)(=O)[O-])n2)(S(=O)(=O)Oc2nc(CCS(=O)(=O)[O-])nc(S(=O)(=O)[O-])n2)C(C=Cc2ccccc2)C=C1.[Na+].[Na+].[Na+].[Na+]. The molecular weight excluding hydrogens is 973 g/mol. The number of allylic oxidation sites excluding steroid dienone is 3. The molecule has 0 spiro atoms. The van der Waals surface area contributed by atoms with E-state index in [4.69, 9.17) is 19.8 Å². The van der Waals surface area contributed by atoms with E-state index in [1.807, 2.05) is 0 Å². The van der Waals surface area contributed by atoms with Gasteiger partial charge in [0.25, 0.3) is 4.08 Å². The van der Waals surface area contributed by atoms with Crippen molar-refractivity contribution in [2.75, 3.05) is 11.5 Å². The van der Waals surface area contributed by atoms with Gasteiger partial charge in [-0.25, -0.2) is 43.6 Å². The molecule has 1 unspecified atom stereocenters. The van der Waals surface area contributed by atoms with Gasteiger partial charge in [-0.3, -0.25) is 0 Å². The summed E-state index contributed by atoms with van der Waals surface area (Å²) in [6.45, 7) is 0. The molecule has 1 aromatic carbocycles. The summed E-state index contributed by atoms with van der Waals surface area (Å²) in [5.74, 6) is -6.92. The van der Waals surface area contributed by atoms with Gasteiger partial charge in [0.15, 0.2) is 20.2 Å². The number of rotatable bonds is 16. The third kappa shape index (κ3) is 15.2. The minimum atomic E-state index is -6.29. The van der Waals surface area contributed by atoms with Crippen LogP contribution in [0.3, 0.4) is 0 Å². The molecule has 0 radical (unpaired) electrons. The zero-order valence-corrected chi connectivity index (χ0v) is 44.1. The molecule has 1 atom stereocenters. The minimum absolute atomic E-state index is 0. The maximum atomic E-state index is 14.5. The maximum Gasteiger partial charge on any atom is 1.00 e. The first kappa shape index (κ1) is 59.2. The molecule has 0 saturated heterocycles. The van der Waals surface area contributed by atoms with E-state index >= 15 is 0 Å². The van der Waals surface area contributed by atoms with E-state index in [-0.39, 0.29) is 118 Å². The van der Waals surface area contributed by atoms with Crippen molar-refractivity contribution in [3.05, 3.63) is 77.2 Å². The van der Waals surface area contributed by atoms with Crippen LogP contribution in [0.1, 0.15) is 17.2 Å². The van der Waals surface area contributed by atoms with Gasteiger partial charge in [0, 0.05) is 30.3 Å². The summed E-state index contributed by atoms with van der Waals surface area (Å²) in [7, 11) is -34.2. The van der Waals surface area contributed by atoms with E-state index < -0.39 is 140 Å². The van der Waals surface area contributed by atoms with Crippen LogP contribution in [0.15, 0.2) is 70.3 Å². The van der Waals surface area contributed by atoms with Crippen LogP contribution >= 0.6 is 0 Å². The zero-order valence-electron chi connectivity index (χ0n) is 31.2. The van der Waals surface area contributed by atoms with Crippen molar-refractivity contribution in [3.8, 4) is 12.0 Å². The van der Waals surface area contributed by atoms with Crippen molar-refractivity contribution >= 4 is 66.8 Å². The van der Waals surface area contributed by atoms with Crippen LogP contribution in [0.25, 0.3) is 6.08 Å². The Morgan fingerprint density at radius 3 is 1.38 bits per heavy atom. The first-order valence-corrected chi connectivity index (χ1v) is 23.2. The van der Waals surface area contributed by atoms with Crippen molar-refractivity contribution in [3.63, 3.8) is 0 Å². The monoisotopic (exact) mass is 994 g/mol. The Balaban J connectivity index is 0.00000870. The largest absolute Gasteiger partial charge is 1.00 e. The predicted molar refractivity (Wildman–Crippen MR) is 177 cm³/mol. The van der Waals surface area contributed by atoms with Crippen molar-refractivity contribution in [1.82, 2.24) is 29.9 Å². The molecule has 1 aliphatic rings. The summed E-state index contributed by atoms with van der Waals surface area (Å²) in [5, 5.41) is -3.58. The van der Waals surface area contributed by atoms with Crippen LogP contribution in [0, 0.1) is 5.92 Å². The van der Waals surface area contributed by atoms with Gasteiger partial charge in [0.2, 0.25) is 10.3 Å². The third-order valence-corrected chi connectivity index (χ3v) is 14.0. The fraction of sp³-hybridized carbons (Fsp3) is 0.250. The Morgan fingerprint density at radius 1 is 0.617 bits per heavy atom. The quantitative estimate of drug-likeness (QED) is 0.0764. The van der Waals surface area contributed by atoms with Crippen molar-refractivity contribution < 1.29 is 195 Å². The molecule has 0 fully saturated rings. The summed E-state index contributed by atoms with van der Waals surface area (Å²) in [6.07, 6.45) is 1.66. The molecule has 26 nitrogen and oxygen atoms in total. The molecule has 0 saturated carbocycles. The van der Waals surface area contributed by atoms with E-state index in [9.17, 15) is 68.7 Å². The molecule has 3 aromatic rings. The van der Waals surface area contributed by atoms with Crippen LogP contribution in [-0.4, -0.2) is 114 Å². The second kappa shape index (κ2) is 22.4. The van der Waals surface area contributed by atoms with Gasteiger partial charge in [0.05, 0.1) is 31.6 Å². The van der Waals surface area contributed by atoms with E-state index in [2.05, 4.69) is 29.9 Å². The molecule has 60 heavy (non-hydrogen) atoms. The first-order valence-electron chi connectivity index (χ1n) is 14.4. The Hall–Kier alpha value is -0.800.